The lowest BCUT2D eigenvalue weighted by Crippen LogP contribution is -2.09. The van der Waals surface area contributed by atoms with Crippen molar-refractivity contribution < 1.29 is 28.3 Å². The summed E-state index contributed by atoms with van der Waals surface area (Å²) >= 11 is 0. The van der Waals surface area contributed by atoms with Gasteiger partial charge in [-0.3, -0.25) is 0 Å². The molecule has 23 heavy (non-hydrogen) atoms. The number of benzene rings is 2. The lowest BCUT2D eigenvalue weighted by molar-refractivity contribution is -0.140. The van der Waals surface area contributed by atoms with E-state index in [-0.39, 0.29) is 22.6 Å². The quantitative estimate of drug-likeness (QED) is 0.534. The number of phenolic OH excluding ortho intramolecular Hbond substituents is 1. The Morgan fingerprint density at radius 1 is 1.13 bits per heavy atom. The molecule has 7 heteroatoms. The molecule has 0 amide bonds. The fraction of sp³-hybridized carbons (Fsp3) is 0.125. The van der Waals surface area contributed by atoms with Crippen LogP contribution in [0.25, 0.3) is 0 Å². The molecule has 0 radical (unpaired) electrons. The summed E-state index contributed by atoms with van der Waals surface area (Å²) in [6.07, 6.45) is 0. The van der Waals surface area contributed by atoms with Gasteiger partial charge in [0.1, 0.15) is 28.8 Å². The van der Waals surface area contributed by atoms with E-state index in [0.717, 1.165) is 25.1 Å². The average molecular weight is 321 g/mol. The molecule has 0 aromatic heterocycles. The summed E-state index contributed by atoms with van der Waals surface area (Å²) in [6.45, 7) is 1.11. The Hall–Kier alpha value is -2.96. The van der Waals surface area contributed by atoms with Gasteiger partial charge < -0.3 is 14.7 Å². The van der Waals surface area contributed by atoms with Crippen LogP contribution < -0.4 is 4.74 Å². The van der Waals surface area contributed by atoms with Crippen molar-refractivity contribution in [1.82, 2.24) is 0 Å². The highest BCUT2D eigenvalue weighted by Gasteiger charge is 2.18. The number of aromatic hydroxyl groups is 1. The molecule has 1 N–H and O–H groups in total. The lowest BCUT2D eigenvalue weighted by Gasteiger charge is -2.10. The number of methoxy groups -OCH3 is 1. The summed E-state index contributed by atoms with van der Waals surface area (Å²) < 4.78 is 32.4. The van der Waals surface area contributed by atoms with E-state index < -0.39 is 17.6 Å². The molecule has 0 bridgehead atoms. The third-order valence-electron chi connectivity index (χ3n) is 2.91. The number of carbonyl (C=O) groups is 1. The van der Waals surface area contributed by atoms with Crippen LogP contribution in [0.2, 0.25) is 0 Å². The second kappa shape index (κ2) is 6.87. The van der Waals surface area contributed by atoms with Gasteiger partial charge in [0, 0.05) is 24.1 Å². The molecule has 0 heterocycles. The van der Waals surface area contributed by atoms with Crippen molar-refractivity contribution in [3.05, 3.63) is 59.2 Å². The summed E-state index contributed by atoms with van der Waals surface area (Å²) in [5, 5.41) is 13.6. The second-order valence-electron chi connectivity index (χ2n) is 4.53. The second-order valence-corrected chi connectivity index (χ2v) is 4.53. The van der Waals surface area contributed by atoms with Crippen LogP contribution in [0.3, 0.4) is 0 Å². The molecule has 0 saturated heterocycles. The predicted molar refractivity (Wildman–Crippen MR) is 78.4 cm³/mol. The third kappa shape index (κ3) is 3.82. The molecule has 0 aliphatic carbocycles. The molecule has 0 fully saturated rings. The van der Waals surface area contributed by atoms with Gasteiger partial charge in [-0.25, -0.2) is 13.6 Å². The van der Waals surface area contributed by atoms with Crippen LogP contribution >= 0.6 is 0 Å². The summed E-state index contributed by atoms with van der Waals surface area (Å²) in [4.78, 5) is 15.5. The van der Waals surface area contributed by atoms with E-state index in [2.05, 4.69) is 9.99 Å². The SMILES string of the molecule is COc1ccc(/C(=N\OC(C)=O)c2cc(F)ccc2F)c(O)c1. The summed E-state index contributed by atoms with van der Waals surface area (Å²) in [6, 6.07) is 6.90. The molecule has 0 spiro atoms. The average Bonchev–Trinajstić information content (AvgIpc) is 2.51. The van der Waals surface area contributed by atoms with E-state index in [0.29, 0.717) is 5.75 Å². The van der Waals surface area contributed by atoms with Gasteiger partial charge in [0.25, 0.3) is 0 Å². The van der Waals surface area contributed by atoms with Crippen LogP contribution in [0.5, 0.6) is 11.5 Å². The van der Waals surface area contributed by atoms with E-state index in [4.69, 9.17) is 4.74 Å². The third-order valence-corrected chi connectivity index (χ3v) is 2.91. The number of carbonyl (C=O) groups excluding carboxylic acids is 1. The van der Waals surface area contributed by atoms with Crippen molar-refractivity contribution in [1.29, 1.82) is 0 Å². The predicted octanol–water partition coefficient (Wildman–Crippen LogP) is 2.99. The zero-order valence-corrected chi connectivity index (χ0v) is 12.3. The highest BCUT2D eigenvalue weighted by Crippen LogP contribution is 2.27. The Balaban J connectivity index is 2.61. The monoisotopic (exact) mass is 321 g/mol. The van der Waals surface area contributed by atoms with Crippen LogP contribution in [0.15, 0.2) is 41.6 Å². The summed E-state index contributed by atoms with van der Waals surface area (Å²) in [5.41, 5.74) is -0.430. The number of nitrogens with zero attached hydrogens (tertiary/aromatic N) is 1. The van der Waals surface area contributed by atoms with Gasteiger partial charge in [0.2, 0.25) is 0 Å². The van der Waals surface area contributed by atoms with Gasteiger partial charge >= 0.3 is 5.97 Å². The van der Waals surface area contributed by atoms with Gasteiger partial charge in [-0.15, -0.1) is 0 Å². The number of hydrogen-bond acceptors (Lipinski definition) is 5. The molecule has 2 rings (SSSR count). The van der Waals surface area contributed by atoms with E-state index >= 15 is 0 Å². The van der Waals surface area contributed by atoms with Crippen molar-refractivity contribution in [3.8, 4) is 11.5 Å². The summed E-state index contributed by atoms with van der Waals surface area (Å²) in [7, 11) is 1.41. The zero-order valence-electron chi connectivity index (χ0n) is 12.3. The number of halogens is 2. The normalized spacial score (nSPS) is 11.2. The number of oxime groups is 1. The molecular weight excluding hydrogens is 308 g/mol. The minimum Gasteiger partial charge on any atom is -0.507 e. The molecule has 0 aliphatic rings. The van der Waals surface area contributed by atoms with Crippen molar-refractivity contribution in [2.24, 2.45) is 5.16 Å². The molecule has 2 aromatic rings. The van der Waals surface area contributed by atoms with Crippen LogP contribution in [0, 0.1) is 11.6 Å². The Bertz CT molecular complexity index is 775. The fourth-order valence-electron chi connectivity index (χ4n) is 1.87. The van der Waals surface area contributed by atoms with Gasteiger partial charge in [0.15, 0.2) is 0 Å². The van der Waals surface area contributed by atoms with E-state index in [1.54, 1.807) is 0 Å². The Morgan fingerprint density at radius 2 is 1.87 bits per heavy atom. The molecule has 0 unspecified atom stereocenters. The van der Waals surface area contributed by atoms with Crippen molar-refractivity contribution in [3.63, 3.8) is 0 Å². The maximum atomic E-state index is 14.0. The number of rotatable bonds is 4. The zero-order chi connectivity index (χ0) is 17.0. The first-order valence-electron chi connectivity index (χ1n) is 6.50. The number of phenols is 1. The first kappa shape index (κ1) is 16.4. The molecule has 0 saturated carbocycles. The van der Waals surface area contributed by atoms with Crippen LogP contribution in [-0.2, 0) is 9.63 Å². The van der Waals surface area contributed by atoms with Crippen molar-refractivity contribution >= 4 is 11.7 Å². The van der Waals surface area contributed by atoms with E-state index in [1.807, 2.05) is 0 Å². The fourth-order valence-corrected chi connectivity index (χ4v) is 1.87. The van der Waals surface area contributed by atoms with Gasteiger partial charge in [0.05, 0.1) is 7.11 Å². The smallest absolute Gasteiger partial charge is 0.332 e. The van der Waals surface area contributed by atoms with Gasteiger partial charge in [-0.05, 0) is 30.3 Å². The van der Waals surface area contributed by atoms with Crippen molar-refractivity contribution in [2.45, 2.75) is 6.92 Å². The molecule has 5 nitrogen and oxygen atoms in total. The molecule has 120 valence electrons. The Kier molecular flexibility index (Phi) is 4.90. The topological polar surface area (TPSA) is 68.1 Å². The molecule has 2 aromatic carbocycles. The lowest BCUT2D eigenvalue weighted by atomic mass is 10.0. The molecule has 0 aliphatic heterocycles. The van der Waals surface area contributed by atoms with Crippen LogP contribution in [-0.4, -0.2) is 23.9 Å². The first-order valence-corrected chi connectivity index (χ1v) is 6.50. The van der Waals surface area contributed by atoms with E-state index in [9.17, 15) is 18.7 Å². The largest absolute Gasteiger partial charge is 0.507 e. The maximum Gasteiger partial charge on any atom is 0.332 e. The van der Waals surface area contributed by atoms with E-state index in [1.165, 1.54) is 25.3 Å². The minimum absolute atomic E-state index is 0.0524. The Morgan fingerprint density at radius 3 is 2.48 bits per heavy atom. The van der Waals surface area contributed by atoms with Crippen LogP contribution in [0.4, 0.5) is 8.78 Å². The Labute approximate surface area is 130 Å². The minimum atomic E-state index is -0.785. The number of ether oxygens (including phenoxy) is 1. The molecule has 0 atom stereocenters. The highest BCUT2D eigenvalue weighted by molar-refractivity contribution is 6.14. The standard InChI is InChI=1S/C16H13F2NO4/c1-9(20)23-19-16(13-7-10(17)3-6-14(13)18)12-5-4-11(22-2)8-15(12)21/h3-8,21H,1-2H3/b19-16+. The summed E-state index contributed by atoms with van der Waals surface area (Å²) in [5.74, 6) is -2.17. The number of hydrogen-bond donors (Lipinski definition) is 1. The highest BCUT2D eigenvalue weighted by atomic mass is 19.1. The molecular formula is C16H13F2NO4. The first-order chi connectivity index (χ1) is 10.9. The van der Waals surface area contributed by atoms with Crippen molar-refractivity contribution in [2.75, 3.05) is 7.11 Å². The van der Waals surface area contributed by atoms with Gasteiger partial charge in [-0.2, -0.15) is 0 Å². The van der Waals surface area contributed by atoms with Gasteiger partial charge in [-0.1, -0.05) is 5.16 Å². The maximum absolute atomic E-state index is 14.0. The van der Waals surface area contributed by atoms with Crippen LogP contribution in [0.1, 0.15) is 18.1 Å².